The predicted octanol–water partition coefficient (Wildman–Crippen LogP) is 1.78. The van der Waals surface area contributed by atoms with E-state index in [0.29, 0.717) is 0 Å². The van der Waals surface area contributed by atoms with E-state index >= 15 is 0 Å². The SMILES string of the molecule is Nc1cccc(OC(F)F)c1[N+](=O)[O-]. The smallest absolute Gasteiger partial charge is 0.387 e. The first-order valence-corrected chi connectivity index (χ1v) is 3.50. The van der Waals surface area contributed by atoms with E-state index in [-0.39, 0.29) is 5.69 Å². The number of anilines is 1. The largest absolute Gasteiger partial charge is 0.427 e. The number of halogens is 2. The fraction of sp³-hybridized carbons (Fsp3) is 0.143. The third-order valence-electron chi connectivity index (χ3n) is 1.43. The molecule has 0 radical (unpaired) electrons. The lowest BCUT2D eigenvalue weighted by Crippen LogP contribution is -2.05. The van der Waals surface area contributed by atoms with Gasteiger partial charge in [0, 0.05) is 0 Å². The van der Waals surface area contributed by atoms with Crippen LogP contribution in [-0.2, 0) is 0 Å². The number of nitrogen functional groups attached to an aromatic ring is 1. The van der Waals surface area contributed by atoms with Crippen molar-refractivity contribution in [3.63, 3.8) is 0 Å². The number of ether oxygens (including phenoxy) is 1. The molecule has 0 aliphatic heterocycles. The molecule has 76 valence electrons. The van der Waals surface area contributed by atoms with Crippen LogP contribution in [0.15, 0.2) is 18.2 Å². The Labute approximate surface area is 77.2 Å². The number of hydrogen-bond acceptors (Lipinski definition) is 4. The lowest BCUT2D eigenvalue weighted by atomic mass is 10.2. The molecular formula is C7H6F2N2O3. The number of nitro groups is 1. The minimum absolute atomic E-state index is 0.215. The zero-order chi connectivity index (χ0) is 10.7. The molecule has 0 fully saturated rings. The quantitative estimate of drug-likeness (QED) is 0.462. The topological polar surface area (TPSA) is 78.4 Å². The Morgan fingerprint density at radius 3 is 2.64 bits per heavy atom. The lowest BCUT2D eigenvalue weighted by Gasteiger charge is -2.05. The number of alkyl halides is 2. The first-order chi connectivity index (χ1) is 6.52. The van der Waals surface area contributed by atoms with Gasteiger partial charge in [-0.25, -0.2) is 0 Å². The molecule has 1 rings (SSSR count). The van der Waals surface area contributed by atoms with Crippen LogP contribution >= 0.6 is 0 Å². The van der Waals surface area contributed by atoms with E-state index in [2.05, 4.69) is 4.74 Å². The molecule has 0 spiro atoms. The number of nitrogens with two attached hydrogens (primary N) is 1. The van der Waals surface area contributed by atoms with E-state index in [4.69, 9.17) is 5.73 Å². The molecule has 14 heavy (non-hydrogen) atoms. The molecule has 0 saturated heterocycles. The van der Waals surface area contributed by atoms with Crippen molar-refractivity contribution in [3.05, 3.63) is 28.3 Å². The van der Waals surface area contributed by atoms with E-state index in [1.807, 2.05) is 0 Å². The highest BCUT2D eigenvalue weighted by molar-refractivity contribution is 5.65. The number of nitrogens with zero attached hydrogens (tertiary/aromatic N) is 1. The van der Waals surface area contributed by atoms with Gasteiger partial charge >= 0.3 is 12.3 Å². The van der Waals surface area contributed by atoms with Crippen LogP contribution in [0.1, 0.15) is 0 Å². The van der Waals surface area contributed by atoms with Gasteiger partial charge in [-0.15, -0.1) is 0 Å². The van der Waals surface area contributed by atoms with Gasteiger partial charge in [0.05, 0.1) is 4.92 Å². The molecule has 0 aromatic heterocycles. The Bertz CT molecular complexity index is 357. The number of benzene rings is 1. The van der Waals surface area contributed by atoms with Crippen molar-refractivity contribution in [2.75, 3.05) is 5.73 Å². The third kappa shape index (κ3) is 2.06. The highest BCUT2D eigenvalue weighted by Gasteiger charge is 2.21. The summed E-state index contributed by atoms with van der Waals surface area (Å²) in [7, 11) is 0. The highest BCUT2D eigenvalue weighted by Crippen LogP contribution is 2.33. The van der Waals surface area contributed by atoms with Crippen molar-refractivity contribution in [2.24, 2.45) is 0 Å². The maximum atomic E-state index is 11.8. The van der Waals surface area contributed by atoms with Crippen molar-refractivity contribution in [3.8, 4) is 5.75 Å². The summed E-state index contributed by atoms with van der Waals surface area (Å²) in [6, 6.07) is 3.58. The second-order valence-electron chi connectivity index (χ2n) is 2.33. The molecule has 0 aliphatic carbocycles. The van der Waals surface area contributed by atoms with Crippen molar-refractivity contribution in [1.29, 1.82) is 0 Å². The Hall–Kier alpha value is -1.92. The molecule has 0 saturated carbocycles. The van der Waals surface area contributed by atoms with Crippen LogP contribution in [0.2, 0.25) is 0 Å². The second kappa shape index (κ2) is 3.86. The van der Waals surface area contributed by atoms with Gasteiger partial charge in [0.1, 0.15) is 5.69 Å². The monoisotopic (exact) mass is 204 g/mol. The molecule has 7 heteroatoms. The summed E-state index contributed by atoms with van der Waals surface area (Å²) in [4.78, 5) is 9.56. The summed E-state index contributed by atoms with van der Waals surface area (Å²) in [5, 5.41) is 10.4. The Balaban J connectivity index is 3.14. The number of rotatable bonds is 3. The minimum Gasteiger partial charge on any atom is -0.427 e. The summed E-state index contributed by atoms with van der Waals surface area (Å²) >= 11 is 0. The fourth-order valence-electron chi connectivity index (χ4n) is 0.926. The van der Waals surface area contributed by atoms with E-state index in [0.717, 1.165) is 6.07 Å². The van der Waals surface area contributed by atoms with Gasteiger partial charge in [-0.3, -0.25) is 10.1 Å². The normalized spacial score (nSPS) is 10.2. The van der Waals surface area contributed by atoms with E-state index in [9.17, 15) is 18.9 Å². The molecule has 5 nitrogen and oxygen atoms in total. The van der Waals surface area contributed by atoms with Crippen molar-refractivity contribution in [1.82, 2.24) is 0 Å². The molecule has 1 aromatic rings. The summed E-state index contributed by atoms with van der Waals surface area (Å²) in [6.07, 6.45) is 0. The molecule has 0 unspecified atom stereocenters. The van der Waals surface area contributed by atoms with Gasteiger partial charge in [-0.05, 0) is 12.1 Å². The van der Waals surface area contributed by atoms with Gasteiger partial charge in [-0.2, -0.15) is 8.78 Å². The van der Waals surface area contributed by atoms with Crippen molar-refractivity contribution >= 4 is 11.4 Å². The van der Waals surface area contributed by atoms with Crippen LogP contribution in [0.4, 0.5) is 20.2 Å². The van der Waals surface area contributed by atoms with Crippen LogP contribution in [0.5, 0.6) is 5.75 Å². The Kier molecular flexibility index (Phi) is 2.80. The average Bonchev–Trinajstić information content (AvgIpc) is 2.01. The van der Waals surface area contributed by atoms with Crippen LogP contribution < -0.4 is 10.5 Å². The third-order valence-corrected chi connectivity index (χ3v) is 1.43. The van der Waals surface area contributed by atoms with Gasteiger partial charge in [0.15, 0.2) is 0 Å². The van der Waals surface area contributed by atoms with Crippen LogP contribution in [0.25, 0.3) is 0 Å². The predicted molar refractivity (Wildman–Crippen MR) is 44.1 cm³/mol. The number of hydrogen-bond donors (Lipinski definition) is 1. The second-order valence-corrected chi connectivity index (χ2v) is 2.33. The maximum absolute atomic E-state index is 11.8. The van der Waals surface area contributed by atoms with Gasteiger partial charge < -0.3 is 10.5 Å². The first kappa shape index (κ1) is 10.2. The Morgan fingerprint density at radius 1 is 1.50 bits per heavy atom. The highest BCUT2D eigenvalue weighted by atomic mass is 19.3. The molecular weight excluding hydrogens is 198 g/mol. The van der Waals surface area contributed by atoms with E-state index in [1.54, 1.807) is 0 Å². The van der Waals surface area contributed by atoms with Gasteiger partial charge in [0.2, 0.25) is 5.75 Å². The van der Waals surface area contributed by atoms with Gasteiger partial charge in [0.25, 0.3) is 0 Å². The molecule has 0 heterocycles. The molecule has 0 bridgehead atoms. The van der Waals surface area contributed by atoms with Crippen LogP contribution in [0, 0.1) is 10.1 Å². The van der Waals surface area contributed by atoms with Crippen molar-refractivity contribution in [2.45, 2.75) is 6.61 Å². The average molecular weight is 204 g/mol. The molecule has 2 N–H and O–H groups in total. The standard InChI is InChI=1S/C7H6F2N2O3/c8-7(9)14-5-3-1-2-4(10)6(5)11(12)13/h1-3,7H,10H2. The van der Waals surface area contributed by atoms with Crippen molar-refractivity contribution < 1.29 is 18.4 Å². The number of nitro benzene ring substituents is 1. The molecule has 0 aliphatic rings. The minimum atomic E-state index is -3.12. The van der Waals surface area contributed by atoms with Gasteiger partial charge in [-0.1, -0.05) is 6.07 Å². The molecule has 0 amide bonds. The molecule has 0 atom stereocenters. The summed E-state index contributed by atoms with van der Waals surface area (Å²) in [6.45, 7) is -3.12. The summed E-state index contributed by atoms with van der Waals surface area (Å²) < 4.78 is 27.6. The van der Waals surface area contributed by atoms with E-state index < -0.39 is 23.0 Å². The van der Waals surface area contributed by atoms with E-state index in [1.165, 1.54) is 12.1 Å². The first-order valence-electron chi connectivity index (χ1n) is 3.50. The maximum Gasteiger partial charge on any atom is 0.387 e. The Morgan fingerprint density at radius 2 is 2.14 bits per heavy atom. The lowest BCUT2D eigenvalue weighted by molar-refractivity contribution is -0.385. The zero-order valence-corrected chi connectivity index (χ0v) is 6.81. The van der Waals surface area contributed by atoms with Crippen LogP contribution in [-0.4, -0.2) is 11.5 Å². The summed E-state index contributed by atoms with van der Waals surface area (Å²) in [5.41, 5.74) is 4.37. The summed E-state index contributed by atoms with van der Waals surface area (Å²) in [5.74, 6) is -0.537. The van der Waals surface area contributed by atoms with Crippen LogP contribution in [0.3, 0.4) is 0 Å². The molecule has 1 aromatic carbocycles. The number of para-hydroxylation sites is 1. The zero-order valence-electron chi connectivity index (χ0n) is 6.81. The fourth-order valence-corrected chi connectivity index (χ4v) is 0.926.